The van der Waals surface area contributed by atoms with E-state index < -0.39 is 0 Å². The molecule has 0 fully saturated rings. The van der Waals surface area contributed by atoms with E-state index in [1.54, 1.807) is 6.07 Å². The van der Waals surface area contributed by atoms with Crippen LogP contribution < -0.4 is 10.6 Å². The van der Waals surface area contributed by atoms with Gasteiger partial charge in [0.1, 0.15) is 0 Å². The Bertz CT molecular complexity index is 1150. The highest BCUT2D eigenvalue weighted by Gasteiger charge is 2.14. The van der Waals surface area contributed by atoms with Gasteiger partial charge in [0.2, 0.25) is 5.96 Å². The number of carbonyl (C=O) groups is 1. The smallest absolute Gasteiger partial charge is 0.258 e. The molecule has 0 unspecified atom stereocenters. The van der Waals surface area contributed by atoms with Crippen molar-refractivity contribution in [2.45, 2.75) is 47.6 Å². The van der Waals surface area contributed by atoms with E-state index >= 15 is 0 Å². The number of rotatable bonds is 6. The fourth-order valence-electron chi connectivity index (χ4n) is 3.65. The lowest BCUT2D eigenvalue weighted by Gasteiger charge is -2.15. The van der Waals surface area contributed by atoms with Crippen molar-refractivity contribution in [3.05, 3.63) is 81.1 Å². The minimum atomic E-state index is -0.208. The molecule has 168 valence electrons. The molecule has 1 heterocycles. The maximum atomic E-state index is 12.9. The molecule has 0 atom stereocenters. The first-order valence-corrected chi connectivity index (χ1v) is 11.2. The molecule has 0 aliphatic carbocycles. The maximum absolute atomic E-state index is 12.9. The Labute approximate surface area is 194 Å². The second-order valence-corrected chi connectivity index (χ2v) is 8.24. The number of amides is 1. The lowest BCUT2D eigenvalue weighted by Crippen LogP contribution is -2.36. The van der Waals surface area contributed by atoms with E-state index in [9.17, 15) is 4.79 Å². The number of carbonyl (C=O) groups excluding carboxylic acids is 1. The average molecular weight is 452 g/mol. The molecule has 0 aliphatic heterocycles. The van der Waals surface area contributed by atoms with Gasteiger partial charge in [-0.05, 0) is 75.9 Å². The van der Waals surface area contributed by atoms with Gasteiger partial charge in [-0.1, -0.05) is 35.9 Å². The standard InChI is InChI=1S/C25H30ClN5O/c1-6-31-19(5)22(18(4)30-31)13-14-27-25(28-23-15-20(26)12-11-17(23)3)29-24(32)21-10-8-7-9-16(21)2/h7-12,15H,6,13-14H2,1-5H3,(H2,27,28,29,32). The van der Waals surface area contributed by atoms with Gasteiger partial charge in [0.15, 0.2) is 0 Å². The molecular formula is C25H30ClN5O. The second-order valence-electron chi connectivity index (χ2n) is 7.80. The molecule has 0 saturated heterocycles. The van der Waals surface area contributed by atoms with Crippen molar-refractivity contribution in [3.8, 4) is 0 Å². The molecule has 1 aromatic heterocycles. The number of hydrogen-bond donors (Lipinski definition) is 2. The predicted molar refractivity (Wildman–Crippen MR) is 132 cm³/mol. The second kappa shape index (κ2) is 10.5. The average Bonchev–Trinajstić information content (AvgIpc) is 3.04. The zero-order valence-corrected chi connectivity index (χ0v) is 20.0. The van der Waals surface area contributed by atoms with Crippen molar-refractivity contribution < 1.29 is 4.79 Å². The Morgan fingerprint density at radius 1 is 1.09 bits per heavy atom. The SMILES string of the molecule is CCn1nc(C)c(CCN=C(NC(=O)c2ccccc2C)Nc2cc(Cl)ccc2C)c1C. The summed E-state index contributed by atoms with van der Waals surface area (Å²) in [5.41, 5.74) is 6.69. The maximum Gasteiger partial charge on any atom is 0.258 e. The predicted octanol–water partition coefficient (Wildman–Crippen LogP) is 5.23. The summed E-state index contributed by atoms with van der Waals surface area (Å²) in [7, 11) is 0. The number of anilines is 1. The van der Waals surface area contributed by atoms with Crippen molar-refractivity contribution >= 4 is 29.2 Å². The van der Waals surface area contributed by atoms with Gasteiger partial charge < -0.3 is 5.32 Å². The molecule has 7 heteroatoms. The van der Waals surface area contributed by atoms with Crippen LogP contribution in [0.5, 0.6) is 0 Å². The monoisotopic (exact) mass is 451 g/mol. The van der Waals surface area contributed by atoms with Crippen LogP contribution in [0.25, 0.3) is 0 Å². The van der Waals surface area contributed by atoms with Crippen molar-refractivity contribution in [2.75, 3.05) is 11.9 Å². The molecule has 0 bridgehead atoms. The van der Waals surface area contributed by atoms with Gasteiger partial charge in [-0.3, -0.25) is 19.8 Å². The zero-order chi connectivity index (χ0) is 23.3. The normalized spacial score (nSPS) is 11.5. The third kappa shape index (κ3) is 5.56. The van der Waals surface area contributed by atoms with Gasteiger partial charge in [-0.15, -0.1) is 0 Å². The van der Waals surface area contributed by atoms with E-state index in [1.165, 1.54) is 5.56 Å². The van der Waals surface area contributed by atoms with Crippen LogP contribution >= 0.6 is 11.6 Å². The Kier molecular flexibility index (Phi) is 7.70. The van der Waals surface area contributed by atoms with Crippen molar-refractivity contribution in [2.24, 2.45) is 4.99 Å². The lowest BCUT2D eigenvalue weighted by molar-refractivity contribution is 0.0976. The van der Waals surface area contributed by atoms with E-state index in [0.717, 1.165) is 41.2 Å². The first-order chi connectivity index (χ1) is 15.3. The van der Waals surface area contributed by atoms with Crippen molar-refractivity contribution in [1.82, 2.24) is 15.1 Å². The first kappa shape index (κ1) is 23.5. The Hall–Kier alpha value is -3.12. The van der Waals surface area contributed by atoms with Gasteiger partial charge >= 0.3 is 0 Å². The molecule has 2 N–H and O–H groups in total. The highest BCUT2D eigenvalue weighted by atomic mass is 35.5. The Morgan fingerprint density at radius 2 is 1.84 bits per heavy atom. The summed E-state index contributed by atoms with van der Waals surface area (Å²) in [5.74, 6) is 0.182. The van der Waals surface area contributed by atoms with Crippen LogP contribution in [0, 0.1) is 27.7 Å². The molecule has 3 rings (SSSR count). The van der Waals surface area contributed by atoms with E-state index in [1.807, 2.05) is 61.9 Å². The summed E-state index contributed by atoms with van der Waals surface area (Å²) in [6, 6.07) is 13.1. The van der Waals surface area contributed by atoms with Crippen LogP contribution in [-0.2, 0) is 13.0 Å². The molecule has 2 aromatic carbocycles. The van der Waals surface area contributed by atoms with Crippen LogP contribution in [0.3, 0.4) is 0 Å². The molecule has 0 aliphatic rings. The lowest BCUT2D eigenvalue weighted by atomic mass is 10.1. The minimum absolute atomic E-state index is 0.208. The van der Waals surface area contributed by atoms with Crippen molar-refractivity contribution in [3.63, 3.8) is 0 Å². The quantitative estimate of drug-likeness (QED) is 0.398. The summed E-state index contributed by atoms with van der Waals surface area (Å²) in [6.45, 7) is 11.4. The third-order valence-electron chi connectivity index (χ3n) is 5.54. The minimum Gasteiger partial charge on any atom is -0.326 e. The van der Waals surface area contributed by atoms with E-state index in [2.05, 4.69) is 29.6 Å². The molecule has 6 nitrogen and oxygen atoms in total. The molecule has 0 saturated carbocycles. The van der Waals surface area contributed by atoms with Crippen LogP contribution in [0.15, 0.2) is 47.5 Å². The molecule has 0 radical (unpaired) electrons. The fraction of sp³-hybridized carbons (Fsp3) is 0.320. The topological polar surface area (TPSA) is 71.3 Å². The van der Waals surface area contributed by atoms with Crippen LogP contribution in [0.1, 0.15) is 45.4 Å². The summed E-state index contributed by atoms with van der Waals surface area (Å²) in [4.78, 5) is 17.6. The van der Waals surface area contributed by atoms with Crippen LogP contribution in [0.2, 0.25) is 5.02 Å². The van der Waals surface area contributed by atoms with Gasteiger partial charge in [0, 0.05) is 35.1 Å². The van der Waals surface area contributed by atoms with Crippen LogP contribution in [0.4, 0.5) is 5.69 Å². The van der Waals surface area contributed by atoms with Gasteiger partial charge in [-0.2, -0.15) is 5.10 Å². The number of aliphatic imine (C=N–C) groups is 1. The highest BCUT2D eigenvalue weighted by molar-refractivity contribution is 6.31. The number of halogens is 1. The molecule has 32 heavy (non-hydrogen) atoms. The number of aryl methyl sites for hydroxylation is 4. The van der Waals surface area contributed by atoms with E-state index in [-0.39, 0.29) is 5.91 Å². The summed E-state index contributed by atoms with van der Waals surface area (Å²) >= 11 is 6.18. The molecular weight excluding hydrogens is 422 g/mol. The van der Waals surface area contributed by atoms with Gasteiger partial charge in [-0.25, -0.2) is 0 Å². The largest absolute Gasteiger partial charge is 0.326 e. The molecule has 3 aromatic rings. The fourth-order valence-corrected chi connectivity index (χ4v) is 3.82. The van der Waals surface area contributed by atoms with E-state index in [0.29, 0.717) is 23.1 Å². The Morgan fingerprint density at radius 3 is 2.53 bits per heavy atom. The highest BCUT2D eigenvalue weighted by Crippen LogP contribution is 2.20. The number of aromatic nitrogens is 2. The van der Waals surface area contributed by atoms with Crippen LogP contribution in [-0.4, -0.2) is 28.2 Å². The van der Waals surface area contributed by atoms with Crippen molar-refractivity contribution in [1.29, 1.82) is 0 Å². The third-order valence-corrected chi connectivity index (χ3v) is 5.77. The first-order valence-electron chi connectivity index (χ1n) is 10.8. The summed E-state index contributed by atoms with van der Waals surface area (Å²) in [5, 5.41) is 11.4. The van der Waals surface area contributed by atoms with Gasteiger partial charge in [0.25, 0.3) is 5.91 Å². The summed E-state index contributed by atoms with van der Waals surface area (Å²) in [6.07, 6.45) is 0.734. The number of nitrogens with zero attached hydrogens (tertiary/aromatic N) is 3. The number of nitrogens with one attached hydrogen (secondary N) is 2. The van der Waals surface area contributed by atoms with E-state index in [4.69, 9.17) is 16.6 Å². The Balaban J connectivity index is 1.84. The molecule has 0 spiro atoms. The number of hydrogen-bond acceptors (Lipinski definition) is 3. The van der Waals surface area contributed by atoms with Gasteiger partial charge in [0.05, 0.1) is 5.69 Å². The molecule has 1 amide bonds. The number of benzene rings is 2. The number of guanidine groups is 1. The zero-order valence-electron chi connectivity index (χ0n) is 19.3. The summed E-state index contributed by atoms with van der Waals surface area (Å²) < 4.78 is 2.00.